The van der Waals surface area contributed by atoms with Crippen LogP contribution < -0.4 is 10.6 Å². The zero-order valence-corrected chi connectivity index (χ0v) is 17.0. The lowest BCUT2D eigenvalue weighted by molar-refractivity contribution is 0.0699. The molecule has 5 rings (SSSR count). The van der Waals surface area contributed by atoms with E-state index in [1.165, 1.54) is 12.4 Å². The standard InChI is InChI=1S/C25H19N5O2/c31-25(32)20-9-4-8-19-23(20)27-15-28-24(19)26-14-16-5-3-7-18(13-16)29-22-12-11-17-6-1-2-10-21(17)30-22/h1-13,15H,14H2,(H,29,30)(H,31,32)(H,26,27,28). The number of anilines is 3. The minimum atomic E-state index is -1.01. The molecule has 3 N–H and O–H groups in total. The highest BCUT2D eigenvalue weighted by molar-refractivity contribution is 6.04. The molecule has 156 valence electrons. The van der Waals surface area contributed by atoms with E-state index < -0.39 is 5.97 Å². The molecule has 0 radical (unpaired) electrons. The van der Waals surface area contributed by atoms with Crippen molar-refractivity contribution in [1.29, 1.82) is 0 Å². The van der Waals surface area contributed by atoms with E-state index in [0.717, 1.165) is 28.0 Å². The van der Waals surface area contributed by atoms with E-state index in [2.05, 4.69) is 25.6 Å². The molecule has 0 atom stereocenters. The van der Waals surface area contributed by atoms with Gasteiger partial charge >= 0.3 is 5.97 Å². The molecule has 3 aromatic carbocycles. The molecule has 0 amide bonds. The molecular weight excluding hydrogens is 402 g/mol. The molecule has 2 aromatic heterocycles. The Kier molecular flexibility index (Phi) is 5.05. The van der Waals surface area contributed by atoms with Gasteiger partial charge in [-0.3, -0.25) is 0 Å². The largest absolute Gasteiger partial charge is 0.478 e. The van der Waals surface area contributed by atoms with Crippen LogP contribution in [0.2, 0.25) is 0 Å². The van der Waals surface area contributed by atoms with Crippen LogP contribution in [0.15, 0.2) is 85.2 Å². The van der Waals surface area contributed by atoms with Gasteiger partial charge in [0.25, 0.3) is 0 Å². The molecule has 0 saturated carbocycles. The lowest BCUT2D eigenvalue weighted by Gasteiger charge is -2.11. The van der Waals surface area contributed by atoms with Gasteiger partial charge in [-0.1, -0.05) is 36.4 Å². The Labute approximate surface area is 183 Å². The van der Waals surface area contributed by atoms with Crippen molar-refractivity contribution in [2.75, 3.05) is 10.6 Å². The summed E-state index contributed by atoms with van der Waals surface area (Å²) in [6, 6.07) is 25.1. The molecule has 0 aliphatic heterocycles. The molecule has 5 aromatic rings. The van der Waals surface area contributed by atoms with Crippen molar-refractivity contribution in [2.24, 2.45) is 0 Å². The van der Waals surface area contributed by atoms with Crippen LogP contribution in [0.4, 0.5) is 17.3 Å². The Hall–Kier alpha value is -4.52. The van der Waals surface area contributed by atoms with Gasteiger partial charge in [0.05, 0.1) is 16.6 Å². The number of aromatic carboxylic acids is 1. The monoisotopic (exact) mass is 421 g/mol. The number of para-hydroxylation sites is 2. The summed E-state index contributed by atoms with van der Waals surface area (Å²) in [6.45, 7) is 0.518. The summed E-state index contributed by atoms with van der Waals surface area (Å²) in [5.74, 6) is 0.353. The Morgan fingerprint density at radius 2 is 1.78 bits per heavy atom. The van der Waals surface area contributed by atoms with Gasteiger partial charge in [0.15, 0.2) is 0 Å². The summed E-state index contributed by atoms with van der Waals surface area (Å²) < 4.78 is 0. The summed E-state index contributed by atoms with van der Waals surface area (Å²) in [7, 11) is 0. The summed E-state index contributed by atoms with van der Waals surface area (Å²) in [6.07, 6.45) is 1.38. The fraction of sp³-hybridized carbons (Fsp3) is 0.0400. The first kappa shape index (κ1) is 19.4. The number of carboxylic acids is 1. The number of hydrogen-bond acceptors (Lipinski definition) is 6. The van der Waals surface area contributed by atoms with Crippen molar-refractivity contribution in [1.82, 2.24) is 15.0 Å². The molecule has 7 heteroatoms. The van der Waals surface area contributed by atoms with Gasteiger partial charge in [-0.05, 0) is 48.0 Å². The second kappa shape index (κ2) is 8.31. The average Bonchev–Trinajstić information content (AvgIpc) is 2.82. The average molecular weight is 421 g/mol. The van der Waals surface area contributed by atoms with Crippen molar-refractivity contribution in [3.8, 4) is 0 Å². The van der Waals surface area contributed by atoms with Gasteiger partial charge in [-0.25, -0.2) is 19.7 Å². The van der Waals surface area contributed by atoms with Crippen LogP contribution in [0.25, 0.3) is 21.8 Å². The van der Waals surface area contributed by atoms with Crippen LogP contribution in [-0.2, 0) is 6.54 Å². The summed E-state index contributed by atoms with van der Waals surface area (Å²) in [5.41, 5.74) is 3.47. The lowest BCUT2D eigenvalue weighted by Crippen LogP contribution is -2.05. The van der Waals surface area contributed by atoms with Gasteiger partial charge in [0.2, 0.25) is 0 Å². The van der Waals surface area contributed by atoms with Gasteiger partial charge in [0, 0.05) is 23.0 Å². The van der Waals surface area contributed by atoms with Crippen LogP contribution in [0.1, 0.15) is 15.9 Å². The molecular formula is C25H19N5O2. The van der Waals surface area contributed by atoms with E-state index in [-0.39, 0.29) is 5.56 Å². The lowest BCUT2D eigenvalue weighted by atomic mass is 10.1. The molecule has 0 fully saturated rings. The molecule has 0 aliphatic carbocycles. The first-order valence-corrected chi connectivity index (χ1v) is 10.1. The zero-order chi connectivity index (χ0) is 21.9. The SMILES string of the molecule is O=C(O)c1cccc2c(NCc3cccc(Nc4ccc5ccccc5n4)c3)ncnc12. The summed E-state index contributed by atoms with van der Waals surface area (Å²) in [4.78, 5) is 24.6. The van der Waals surface area contributed by atoms with Crippen molar-refractivity contribution < 1.29 is 9.90 Å². The molecule has 0 spiro atoms. The molecule has 7 nitrogen and oxygen atoms in total. The van der Waals surface area contributed by atoms with E-state index in [4.69, 9.17) is 0 Å². The number of benzene rings is 3. The maximum Gasteiger partial charge on any atom is 0.337 e. The normalized spacial score (nSPS) is 10.9. The van der Waals surface area contributed by atoms with Crippen LogP contribution >= 0.6 is 0 Å². The third-order valence-electron chi connectivity index (χ3n) is 5.15. The highest BCUT2D eigenvalue weighted by Crippen LogP contribution is 2.24. The number of fused-ring (bicyclic) bond motifs is 2. The molecule has 0 bridgehead atoms. The van der Waals surface area contributed by atoms with Gasteiger partial charge < -0.3 is 15.7 Å². The molecule has 32 heavy (non-hydrogen) atoms. The number of pyridine rings is 1. The third-order valence-corrected chi connectivity index (χ3v) is 5.15. The predicted octanol–water partition coefficient (Wildman–Crippen LogP) is 5.23. The van der Waals surface area contributed by atoms with E-state index in [1.54, 1.807) is 6.07 Å². The van der Waals surface area contributed by atoms with Crippen molar-refractivity contribution in [3.05, 3.63) is 96.3 Å². The van der Waals surface area contributed by atoms with Crippen molar-refractivity contribution in [2.45, 2.75) is 6.54 Å². The zero-order valence-electron chi connectivity index (χ0n) is 17.0. The predicted molar refractivity (Wildman–Crippen MR) is 125 cm³/mol. The quantitative estimate of drug-likeness (QED) is 0.345. The number of rotatable bonds is 6. The Balaban J connectivity index is 1.35. The minimum Gasteiger partial charge on any atom is -0.478 e. The molecule has 0 aliphatic rings. The number of aromatic nitrogens is 3. The van der Waals surface area contributed by atoms with E-state index >= 15 is 0 Å². The van der Waals surface area contributed by atoms with Gasteiger partial charge in [-0.2, -0.15) is 0 Å². The number of carbonyl (C=O) groups is 1. The minimum absolute atomic E-state index is 0.155. The first-order chi connectivity index (χ1) is 15.7. The smallest absolute Gasteiger partial charge is 0.337 e. The first-order valence-electron chi connectivity index (χ1n) is 10.1. The molecule has 0 unspecified atom stereocenters. The fourth-order valence-electron chi connectivity index (χ4n) is 3.63. The van der Waals surface area contributed by atoms with E-state index in [1.807, 2.05) is 66.7 Å². The molecule has 2 heterocycles. The maximum atomic E-state index is 11.5. The Bertz CT molecular complexity index is 1450. The molecule has 0 saturated heterocycles. The highest BCUT2D eigenvalue weighted by atomic mass is 16.4. The maximum absolute atomic E-state index is 11.5. The third kappa shape index (κ3) is 3.91. The summed E-state index contributed by atoms with van der Waals surface area (Å²) >= 11 is 0. The topological polar surface area (TPSA) is 100 Å². The van der Waals surface area contributed by atoms with Crippen LogP contribution in [0, 0.1) is 0 Å². The van der Waals surface area contributed by atoms with Crippen LogP contribution in [0.3, 0.4) is 0 Å². The summed E-state index contributed by atoms with van der Waals surface area (Å²) in [5, 5.41) is 17.8. The highest BCUT2D eigenvalue weighted by Gasteiger charge is 2.12. The van der Waals surface area contributed by atoms with Crippen LogP contribution in [0.5, 0.6) is 0 Å². The van der Waals surface area contributed by atoms with Gasteiger partial charge in [-0.15, -0.1) is 0 Å². The number of nitrogens with zero attached hydrogens (tertiary/aromatic N) is 3. The second-order valence-electron chi connectivity index (χ2n) is 7.30. The van der Waals surface area contributed by atoms with Crippen LogP contribution in [-0.4, -0.2) is 26.0 Å². The number of hydrogen-bond donors (Lipinski definition) is 3. The van der Waals surface area contributed by atoms with E-state index in [0.29, 0.717) is 23.3 Å². The Morgan fingerprint density at radius 3 is 2.69 bits per heavy atom. The van der Waals surface area contributed by atoms with E-state index in [9.17, 15) is 9.90 Å². The fourth-order valence-corrected chi connectivity index (χ4v) is 3.63. The van der Waals surface area contributed by atoms with Crippen molar-refractivity contribution >= 4 is 45.1 Å². The van der Waals surface area contributed by atoms with Gasteiger partial charge in [0.1, 0.15) is 18.0 Å². The number of nitrogens with one attached hydrogen (secondary N) is 2. The Morgan fingerprint density at radius 1 is 0.906 bits per heavy atom. The van der Waals surface area contributed by atoms with Crippen molar-refractivity contribution in [3.63, 3.8) is 0 Å². The second-order valence-corrected chi connectivity index (χ2v) is 7.30. The number of carboxylic acid groups (broad SMARTS) is 1.